The Balaban J connectivity index is 1.85. The topological polar surface area (TPSA) is 0 Å². The normalized spacial score (nSPS) is 22.8. The third-order valence-corrected chi connectivity index (χ3v) is 3.91. The van der Waals surface area contributed by atoms with Crippen LogP contribution < -0.4 is 0 Å². The lowest BCUT2D eigenvalue weighted by atomic mass is 9.89. The first-order valence-corrected chi connectivity index (χ1v) is 6.65. The first-order chi connectivity index (χ1) is 8.84. The van der Waals surface area contributed by atoms with Crippen molar-refractivity contribution in [2.45, 2.75) is 19.3 Å². The molecule has 1 aliphatic rings. The van der Waals surface area contributed by atoms with Crippen molar-refractivity contribution in [2.75, 3.05) is 0 Å². The third-order valence-electron chi connectivity index (χ3n) is 3.91. The SMILES string of the molecule is CC1C=C(c2ccccc2)C[C@H]1c1ccccc1. The van der Waals surface area contributed by atoms with Crippen LogP contribution in [0.15, 0.2) is 66.7 Å². The second-order valence-corrected chi connectivity index (χ2v) is 5.14. The summed E-state index contributed by atoms with van der Waals surface area (Å²) in [6.07, 6.45) is 3.60. The van der Waals surface area contributed by atoms with E-state index in [4.69, 9.17) is 0 Å². The van der Waals surface area contributed by atoms with Gasteiger partial charge in [0.2, 0.25) is 0 Å². The fourth-order valence-electron chi connectivity index (χ4n) is 2.91. The van der Waals surface area contributed by atoms with Crippen molar-refractivity contribution >= 4 is 5.57 Å². The highest BCUT2D eigenvalue weighted by Crippen LogP contribution is 2.42. The van der Waals surface area contributed by atoms with Gasteiger partial charge in [-0.3, -0.25) is 0 Å². The van der Waals surface area contributed by atoms with E-state index in [1.807, 2.05) is 0 Å². The molecule has 2 aromatic rings. The van der Waals surface area contributed by atoms with Gasteiger partial charge in [-0.25, -0.2) is 0 Å². The molecule has 2 aromatic carbocycles. The Morgan fingerprint density at radius 2 is 1.44 bits per heavy atom. The molecule has 90 valence electrons. The zero-order valence-electron chi connectivity index (χ0n) is 10.7. The van der Waals surface area contributed by atoms with Gasteiger partial charge in [0.25, 0.3) is 0 Å². The van der Waals surface area contributed by atoms with Gasteiger partial charge < -0.3 is 0 Å². The molecule has 1 aliphatic carbocycles. The van der Waals surface area contributed by atoms with Crippen LogP contribution in [-0.4, -0.2) is 0 Å². The maximum absolute atomic E-state index is 2.44. The van der Waals surface area contributed by atoms with E-state index in [-0.39, 0.29) is 0 Å². The quantitative estimate of drug-likeness (QED) is 0.693. The smallest absolute Gasteiger partial charge is 0.00609 e. The van der Waals surface area contributed by atoms with Crippen LogP contribution >= 0.6 is 0 Å². The van der Waals surface area contributed by atoms with Crippen molar-refractivity contribution in [3.8, 4) is 0 Å². The lowest BCUT2D eigenvalue weighted by molar-refractivity contribution is 0.590. The van der Waals surface area contributed by atoms with E-state index >= 15 is 0 Å². The Morgan fingerprint density at radius 3 is 2.11 bits per heavy atom. The van der Waals surface area contributed by atoms with Crippen molar-refractivity contribution in [1.82, 2.24) is 0 Å². The van der Waals surface area contributed by atoms with Gasteiger partial charge >= 0.3 is 0 Å². The standard InChI is InChI=1S/C18H18/c1-14-12-17(15-8-4-2-5-9-15)13-18(14)16-10-6-3-7-11-16/h2-12,14,18H,13H2,1H3/t14?,18-/m1/s1. The lowest BCUT2D eigenvalue weighted by Crippen LogP contribution is -2.01. The number of hydrogen-bond acceptors (Lipinski definition) is 0. The molecule has 0 amide bonds. The largest absolute Gasteiger partial charge is 0.0772 e. The van der Waals surface area contributed by atoms with E-state index in [9.17, 15) is 0 Å². The van der Waals surface area contributed by atoms with Crippen molar-refractivity contribution < 1.29 is 0 Å². The predicted octanol–water partition coefficient (Wildman–Crippen LogP) is 4.89. The van der Waals surface area contributed by atoms with Crippen LogP contribution in [0.25, 0.3) is 5.57 Å². The van der Waals surface area contributed by atoms with Crippen LogP contribution in [-0.2, 0) is 0 Å². The van der Waals surface area contributed by atoms with Gasteiger partial charge in [0.1, 0.15) is 0 Å². The van der Waals surface area contributed by atoms with Crippen molar-refractivity contribution in [2.24, 2.45) is 5.92 Å². The molecule has 1 unspecified atom stereocenters. The summed E-state index contributed by atoms with van der Waals surface area (Å²) in [7, 11) is 0. The average Bonchev–Trinajstić information content (AvgIpc) is 2.83. The molecule has 0 saturated carbocycles. The molecule has 0 fully saturated rings. The van der Waals surface area contributed by atoms with E-state index in [1.165, 1.54) is 16.7 Å². The highest BCUT2D eigenvalue weighted by atomic mass is 14.3. The molecule has 2 atom stereocenters. The molecule has 3 rings (SSSR count). The lowest BCUT2D eigenvalue weighted by Gasteiger charge is -2.15. The highest BCUT2D eigenvalue weighted by Gasteiger charge is 2.25. The molecule has 0 N–H and O–H groups in total. The molecular formula is C18H18. The molecule has 0 spiro atoms. The molecule has 0 bridgehead atoms. The first-order valence-electron chi connectivity index (χ1n) is 6.65. The predicted molar refractivity (Wildman–Crippen MR) is 77.4 cm³/mol. The summed E-state index contributed by atoms with van der Waals surface area (Å²) in [6.45, 7) is 2.33. The number of hydrogen-bond donors (Lipinski definition) is 0. The van der Waals surface area contributed by atoms with Crippen molar-refractivity contribution in [3.05, 3.63) is 77.9 Å². The number of allylic oxidation sites excluding steroid dienone is 2. The molecule has 0 nitrogen and oxygen atoms in total. The van der Waals surface area contributed by atoms with Crippen LogP contribution in [0.3, 0.4) is 0 Å². The van der Waals surface area contributed by atoms with Crippen LogP contribution in [0.4, 0.5) is 0 Å². The number of benzene rings is 2. The maximum atomic E-state index is 2.44. The van der Waals surface area contributed by atoms with Gasteiger partial charge in [-0.15, -0.1) is 0 Å². The Labute approximate surface area is 109 Å². The van der Waals surface area contributed by atoms with Crippen molar-refractivity contribution in [3.63, 3.8) is 0 Å². The average molecular weight is 234 g/mol. The molecule has 0 radical (unpaired) electrons. The van der Waals surface area contributed by atoms with E-state index in [2.05, 4.69) is 73.7 Å². The van der Waals surface area contributed by atoms with Crippen molar-refractivity contribution in [1.29, 1.82) is 0 Å². The number of rotatable bonds is 2. The Morgan fingerprint density at radius 1 is 0.833 bits per heavy atom. The van der Waals surface area contributed by atoms with Gasteiger partial charge in [-0.05, 0) is 35.0 Å². The molecule has 0 aliphatic heterocycles. The fourth-order valence-corrected chi connectivity index (χ4v) is 2.91. The molecular weight excluding hydrogens is 216 g/mol. The van der Waals surface area contributed by atoms with Gasteiger partial charge in [0.05, 0.1) is 0 Å². The zero-order valence-corrected chi connectivity index (χ0v) is 10.7. The Bertz CT molecular complexity index is 537. The summed E-state index contributed by atoms with van der Waals surface area (Å²) < 4.78 is 0. The third kappa shape index (κ3) is 2.11. The Kier molecular flexibility index (Phi) is 3.02. The summed E-state index contributed by atoms with van der Waals surface area (Å²) in [4.78, 5) is 0. The molecule has 18 heavy (non-hydrogen) atoms. The zero-order chi connectivity index (χ0) is 12.4. The van der Waals surface area contributed by atoms with Gasteiger partial charge in [0.15, 0.2) is 0 Å². The van der Waals surface area contributed by atoms with E-state index in [0.717, 1.165) is 6.42 Å². The van der Waals surface area contributed by atoms with E-state index in [1.54, 1.807) is 0 Å². The molecule has 0 aromatic heterocycles. The summed E-state index contributed by atoms with van der Waals surface area (Å²) >= 11 is 0. The second-order valence-electron chi connectivity index (χ2n) is 5.14. The Hall–Kier alpha value is -1.82. The van der Waals surface area contributed by atoms with Crippen LogP contribution in [0.5, 0.6) is 0 Å². The summed E-state index contributed by atoms with van der Waals surface area (Å²) in [5.74, 6) is 1.27. The fraction of sp³-hybridized carbons (Fsp3) is 0.222. The van der Waals surface area contributed by atoms with Crippen LogP contribution in [0.2, 0.25) is 0 Å². The molecule has 0 heteroatoms. The van der Waals surface area contributed by atoms with Crippen LogP contribution in [0.1, 0.15) is 30.4 Å². The minimum absolute atomic E-state index is 0.627. The van der Waals surface area contributed by atoms with Gasteiger partial charge in [-0.2, -0.15) is 0 Å². The first kappa shape index (κ1) is 11.3. The molecule has 0 heterocycles. The second kappa shape index (κ2) is 4.81. The minimum atomic E-state index is 0.627. The van der Waals surface area contributed by atoms with Gasteiger partial charge in [0, 0.05) is 0 Å². The maximum Gasteiger partial charge on any atom is -0.00609 e. The highest BCUT2D eigenvalue weighted by molar-refractivity contribution is 5.69. The molecule has 0 saturated heterocycles. The summed E-state index contributed by atoms with van der Waals surface area (Å²) in [5.41, 5.74) is 4.34. The van der Waals surface area contributed by atoms with E-state index < -0.39 is 0 Å². The summed E-state index contributed by atoms with van der Waals surface area (Å²) in [6, 6.07) is 21.6. The van der Waals surface area contributed by atoms with Crippen LogP contribution in [0, 0.1) is 5.92 Å². The minimum Gasteiger partial charge on any atom is -0.0772 e. The summed E-state index contributed by atoms with van der Waals surface area (Å²) in [5, 5.41) is 0. The van der Waals surface area contributed by atoms with Gasteiger partial charge in [-0.1, -0.05) is 73.7 Å². The monoisotopic (exact) mass is 234 g/mol. The van der Waals surface area contributed by atoms with E-state index in [0.29, 0.717) is 11.8 Å².